The van der Waals surface area contributed by atoms with E-state index in [-0.39, 0.29) is 0 Å². The molecule has 96 valence electrons. The van der Waals surface area contributed by atoms with E-state index in [0.717, 1.165) is 5.56 Å². The summed E-state index contributed by atoms with van der Waals surface area (Å²) >= 11 is 0. The van der Waals surface area contributed by atoms with Gasteiger partial charge in [-0.3, -0.25) is 0 Å². The Morgan fingerprint density at radius 2 is 1.82 bits per heavy atom. The van der Waals surface area contributed by atoms with Crippen molar-refractivity contribution in [3.8, 4) is 0 Å². The standard InChI is InChI=1S/C12H18O4S/c1-2-12(10-6-4-3-5-7-10)17(15,16)9-11(14)8-13/h3-7,11-14H,2,8-9H2,1H3/t11-,12+/m0/s1. The average molecular weight is 258 g/mol. The van der Waals surface area contributed by atoms with E-state index in [0.29, 0.717) is 6.42 Å². The monoisotopic (exact) mass is 258 g/mol. The highest BCUT2D eigenvalue weighted by Gasteiger charge is 2.27. The molecule has 1 aromatic rings. The first-order valence-corrected chi connectivity index (χ1v) is 7.28. The largest absolute Gasteiger partial charge is 0.394 e. The summed E-state index contributed by atoms with van der Waals surface area (Å²) in [5.74, 6) is -0.406. The van der Waals surface area contributed by atoms with Crippen molar-refractivity contribution in [3.63, 3.8) is 0 Å². The van der Waals surface area contributed by atoms with E-state index in [4.69, 9.17) is 5.11 Å². The van der Waals surface area contributed by atoms with E-state index in [1.807, 2.05) is 6.07 Å². The first-order valence-electron chi connectivity index (χ1n) is 5.56. The van der Waals surface area contributed by atoms with Gasteiger partial charge in [-0.25, -0.2) is 8.42 Å². The van der Waals surface area contributed by atoms with Gasteiger partial charge in [0.2, 0.25) is 0 Å². The number of hydrogen-bond acceptors (Lipinski definition) is 4. The lowest BCUT2D eigenvalue weighted by Gasteiger charge is -2.17. The van der Waals surface area contributed by atoms with Crippen LogP contribution in [0, 0.1) is 0 Å². The third-order valence-corrected chi connectivity index (χ3v) is 4.93. The van der Waals surface area contributed by atoms with Crippen LogP contribution in [-0.2, 0) is 9.84 Å². The summed E-state index contributed by atoms with van der Waals surface area (Å²) in [6.07, 6.45) is -0.762. The number of sulfone groups is 1. The van der Waals surface area contributed by atoms with E-state index < -0.39 is 33.6 Å². The minimum atomic E-state index is -3.45. The summed E-state index contributed by atoms with van der Waals surface area (Å²) in [5, 5.41) is 17.3. The SMILES string of the molecule is CC[C@H](c1ccccc1)S(=O)(=O)C[C@@H](O)CO. The zero-order valence-electron chi connectivity index (χ0n) is 9.78. The van der Waals surface area contributed by atoms with Crippen molar-refractivity contribution in [1.82, 2.24) is 0 Å². The van der Waals surface area contributed by atoms with Gasteiger partial charge in [0, 0.05) is 0 Å². The molecule has 1 aromatic carbocycles. The van der Waals surface area contributed by atoms with E-state index in [2.05, 4.69) is 0 Å². The molecule has 0 spiro atoms. The first kappa shape index (κ1) is 14.2. The van der Waals surface area contributed by atoms with Crippen molar-refractivity contribution in [1.29, 1.82) is 0 Å². The molecule has 0 aromatic heterocycles. The molecule has 0 aliphatic heterocycles. The molecular weight excluding hydrogens is 240 g/mol. The number of aliphatic hydroxyl groups excluding tert-OH is 2. The quantitative estimate of drug-likeness (QED) is 0.795. The van der Waals surface area contributed by atoms with Crippen LogP contribution in [0.2, 0.25) is 0 Å². The maximum atomic E-state index is 12.1. The highest BCUT2D eigenvalue weighted by atomic mass is 32.2. The molecule has 2 atom stereocenters. The summed E-state index contributed by atoms with van der Waals surface area (Å²) < 4.78 is 24.1. The van der Waals surface area contributed by atoms with Crippen LogP contribution in [0.3, 0.4) is 0 Å². The first-order chi connectivity index (χ1) is 8.01. The number of benzene rings is 1. The lowest BCUT2D eigenvalue weighted by atomic mass is 10.1. The van der Waals surface area contributed by atoms with Gasteiger partial charge in [0.25, 0.3) is 0 Å². The second kappa shape index (κ2) is 6.14. The number of rotatable bonds is 6. The van der Waals surface area contributed by atoms with E-state index >= 15 is 0 Å². The van der Waals surface area contributed by atoms with Crippen LogP contribution in [0.15, 0.2) is 30.3 Å². The van der Waals surface area contributed by atoms with Crippen molar-refractivity contribution < 1.29 is 18.6 Å². The molecule has 17 heavy (non-hydrogen) atoms. The van der Waals surface area contributed by atoms with E-state index in [1.54, 1.807) is 31.2 Å². The van der Waals surface area contributed by atoms with Gasteiger partial charge in [0.15, 0.2) is 9.84 Å². The lowest BCUT2D eigenvalue weighted by Crippen LogP contribution is -2.27. The van der Waals surface area contributed by atoms with Gasteiger partial charge in [-0.2, -0.15) is 0 Å². The fraction of sp³-hybridized carbons (Fsp3) is 0.500. The van der Waals surface area contributed by atoms with Crippen LogP contribution in [0.4, 0.5) is 0 Å². The maximum Gasteiger partial charge on any atom is 0.159 e. The van der Waals surface area contributed by atoms with Gasteiger partial charge in [-0.1, -0.05) is 37.3 Å². The minimum absolute atomic E-state index is 0.406. The normalized spacial score (nSPS) is 15.5. The highest BCUT2D eigenvalue weighted by molar-refractivity contribution is 7.91. The smallest absolute Gasteiger partial charge is 0.159 e. The third kappa shape index (κ3) is 3.80. The second-order valence-electron chi connectivity index (χ2n) is 3.97. The molecule has 5 heteroatoms. The van der Waals surface area contributed by atoms with Crippen LogP contribution in [-0.4, -0.2) is 37.1 Å². The van der Waals surface area contributed by atoms with Crippen LogP contribution in [0.25, 0.3) is 0 Å². The van der Waals surface area contributed by atoms with Crippen LogP contribution in [0.1, 0.15) is 24.2 Å². The van der Waals surface area contributed by atoms with Crippen molar-refractivity contribution in [2.75, 3.05) is 12.4 Å². The van der Waals surface area contributed by atoms with Gasteiger partial charge >= 0.3 is 0 Å². The van der Waals surface area contributed by atoms with Crippen molar-refractivity contribution in [3.05, 3.63) is 35.9 Å². The molecule has 0 bridgehead atoms. The molecule has 0 saturated heterocycles. The highest BCUT2D eigenvalue weighted by Crippen LogP contribution is 2.26. The molecule has 0 saturated carbocycles. The Kier molecular flexibility index (Phi) is 5.11. The molecule has 0 heterocycles. The second-order valence-corrected chi connectivity index (χ2v) is 6.20. The number of aliphatic hydroxyl groups is 2. The van der Waals surface area contributed by atoms with Gasteiger partial charge in [-0.05, 0) is 12.0 Å². The fourth-order valence-corrected chi connectivity index (χ4v) is 3.76. The van der Waals surface area contributed by atoms with Crippen molar-refractivity contribution in [2.24, 2.45) is 0 Å². The molecule has 0 fully saturated rings. The molecule has 0 unspecified atom stereocenters. The lowest BCUT2D eigenvalue weighted by molar-refractivity contribution is 0.112. The predicted molar refractivity (Wildman–Crippen MR) is 66.4 cm³/mol. The van der Waals surface area contributed by atoms with Crippen LogP contribution in [0.5, 0.6) is 0 Å². The Labute approximate surface area is 102 Å². The maximum absolute atomic E-state index is 12.1. The molecule has 0 aliphatic rings. The average Bonchev–Trinajstić information content (AvgIpc) is 2.30. The Morgan fingerprint density at radius 3 is 2.29 bits per heavy atom. The van der Waals surface area contributed by atoms with Gasteiger partial charge in [0.05, 0.1) is 23.7 Å². The van der Waals surface area contributed by atoms with Gasteiger partial charge in [0.1, 0.15) is 0 Å². The Hall–Kier alpha value is -0.910. The molecule has 0 aliphatic carbocycles. The third-order valence-electron chi connectivity index (χ3n) is 2.61. The van der Waals surface area contributed by atoms with Gasteiger partial charge < -0.3 is 10.2 Å². The van der Waals surface area contributed by atoms with E-state index in [9.17, 15) is 13.5 Å². The predicted octanol–water partition coefficient (Wildman–Crippen LogP) is 0.906. The van der Waals surface area contributed by atoms with Gasteiger partial charge in [-0.15, -0.1) is 0 Å². The molecule has 1 rings (SSSR count). The Bertz CT molecular complexity index is 427. The van der Waals surface area contributed by atoms with Crippen LogP contribution < -0.4 is 0 Å². The summed E-state index contributed by atoms with van der Waals surface area (Å²) in [6, 6.07) is 8.92. The number of hydrogen-bond donors (Lipinski definition) is 2. The molecule has 2 N–H and O–H groups in total. The fourth-order valence-electron chi connectivity index (χ4n) is 1.80. The van der Waals surface area contributed by atoms with Crippen LogP contribution >= 0.6 is 0 Å². The van der Waals surface area contributed by atoms with Crippen molar-refractivity contribution >= 4 is 9.84 Å². The van der Waals surface area contributed by atoms with E-state index in [1.165, 1.54) is 0 Å². The zero-order valence-corrected chi connectivity index (χ0v) is 10.6. The van der Waals surface area contributed by atoms with Crippen molar-refractivity contribution in [2.45, 2.75) is 24.7 Å². The summed E-state index contributed by atoms with van der Waals surface area (Å²) in [6.45, 7) is 1.25. The molecular formula is C12H18O4S. The Morgan fingerprint density at radius 1 is 1.24 bits per heavy atom. The summed E-state index contributed by atoms with van der Waals surface area (Å²) in [5.41, 5.74) is 0.722. The molecule has 4 nitrogen and oxygen atoms in total. The topological polar surface area (TPSA) is 74.6 Å². The minimum Gasteiger partial charge on any atom is -0.394 e. The summed E-state index contributed by atoms with van der Waals surface area (Å²) in [7, 11) is -3.45. The summed E-state index contributed by atoms with van der Waals surface area (Å²) in [4.78, 5) is 0. The Balaban J connectivity index is 2.95. The zero-order chi connectivity index (χ0) is 12.9. The molecule has 0 radical (unpaired) electrons. The molecule has 0 amide bonds.